The maximum Gasteiger partial charge on any atom is 0.220 e. The first-order valence-corrected chi connectivity index (χ1v) is 9.56. The second kappa shape index (κ2) is 7.10. The van der Waals surface area contributed by atoms with Crippen LogP contribution in [-0.4, -0.2) is 26.8 Å². The van der Waals surface area contributed by atoms with Gasteiger partial charge < -0.3 is 10.6 Å². The lowest BCUT2D eigenvalue weighted by atomic mass is 9.74. The lowest BCUT2D eigenvalue weighted by Crippen LogP contribution is -2.58. The van der Waals surface area contributed by atoms with E-state index in [9.17, 15) is 4.79 Å². The fourth-order valence-corrected chi connectivity index (χ4v) is 4.96. The number of hydrogen-bond acceptors (Lipinski definition) is 3. The van der Waals surface area contributed by atoms with E-state index in [0.29, 0.717) is 12.3 Å². The highest BCUT2D eigenvalue weighted by atomic mass is 16.1. The quantitative estimate of drug-likeness (QED) is 0.854. The molecule has 0 aliphatic carbocycles. The van der Waals surface area contributed by atoms with Gasteiger partial charge in [0.1, 0.15) is 0 Å². The van der Waals surface area contributed by atoms with Crippen molar-refractivity contribution in [2.45, 2.75) is 98.3 Å². The van der Waals surface area contributed by atoms with Crippen LogP contribution in [0.2, 0.25) is 0 Å². The molecule has 0 saturated carbocycles. The summed E-state index contributed by atoms with van der Waals surface area (Å²) in [5, 5.41) is 11.5. The summed E-state index contributed by atoms with van der Waals surface area (Å²) in [5.74, 6) is 0.563. The monoisotopic (exact) mass is 348 g/mol. The number of hydrogen-bond donors (Lipinski definition) is 2. The Kier molecular flexibility index (Phi) is 5.67. The van der Waals surface area contributed by atoms with Crippen molar-refractivity contribution in [1.29, 1.82) is 0 Å². The zero-order valence-corrected chi connectivity index (χ0v) is 17.3. The molecule has 2 heterocycles. The maximum absolute atomic E-state index is 12.7. The fourth-order valence-electron chi connectivity index (χ4n) is 4.96. The average Bonchev–Trinajstić information content (AvgIpc) is 2.69. The number of carbonyl (C=O) groups excluding carboxylic acids is 1. The van der Waals surface area contributed by atoms with Crippen LogP contribution in [0, 0.1) is 19.8 Å². The Balaban J connectivity index is 2.01. The Bertz CT molecular complexity index is 614. The summed E-state index contributed by atoms with van der Waals surface area (Å²) in [6, 6.07) is -0.00413. The van der Waals surface area contributed by atoms with Gasteiger partial charge >= 0.3 is 0 Å². The number of aryl methyl sites for hydroxylation is 2. The van der Waals surface area contributed by atoms with Crippen molar-refractivity contribution in [3.05, 3.63) is 17.0 Å². The number of aromatic nitrogens is 2. The van der Waals surface area contributed by atoms with E-state index < -0.39 is 0 Å². The molecule has 0 radical (unpaired) electrons. The van der Waals surface area contributed by atoms with E-state index in [1.165, 1.54) is 0 Å². The van der Waals surface area contributed by atoms with Crippen LogP contribution in [0.4, 0.5) is 0 Å². The third-order valence-electron chi connectivity index (χ3n) is 5.30. The molecule has 5 nitrogen and oxygen atoms in total. The highest BCUT2D eigenvalue weighted by molar-refractivity contribution is 5.76. The molecule has 0 spiro atoms. The van der Waals surface area contributed by atoms with Crippen LogP contribution in [0.25, 0.3) is 0 Å². The number of carbonyl (C=O) groups is 1. The molecule has 1 aromatic rings. The summed E-state index contributed by atoms with van der Waals surface area (Å²) >= 11 is 0. The predicted molar refractivity (Wildman–Crippen MR) is 103 cm³/mol. The van der Waals surface area contributed by atoms with Crippen LogP contribution in [0.15, 0.2) is 0 Å². The molecule has 1 fully saturated rings. The van der Waals surface area contributed by atoms with Crippen molar-refractivity contribution in [1.82, 2.24) is 20.4 Å². The molecular formula is C20H36N4O. The molecule has 1 saturated heterocycles. The normalized spacial score (nSPS) is 21.1. The fraction of sp³-hybridized carbons (Fsp3) is 0.800. The van der Waals surface area contributed by atoms with E-state index in [-0.39, 0.29) is 23.0 Å². The standard InChI is InChI=1S/C20H36N4O/c1-9-24-15(4)18(14(3)22-24)13(2)21-17(25)10-16-11-19(5,6)23-20(7,8)12-16/h13,16,23H,9-12H2,1-8H3,(H,21,25)/t13-/m1/s1. The average molecular weight is 349 g/mol. The Hall–Kier alpha value is -1.36. The summed E-state index contributed by atoms with van der Waals surface area (Å²) in [4.78, 5) is 12.7. The third kappa shape index (κ3) is 4.84. The Morgan fingerprint density at radius 2 is 1.84 bits per heavy atom. The van der Waals surface area contributed by atoms with Gasteiger partial charge in [0.05, 0.1) is 11.7 Å². The first kappa shape index (κ1) is 20.0. The van der Waals surface area contributed by atoms with Gasteiger partial charge in [-0.05, 0) is 74.1 Å². The first-order chi connectivity index (χ1) is 11.4. The molecule has 1 aliphatic rings. The number of piperidine rings is 1. The van der Waals surface area contributed by atoms with Gasteiger partial charge in [0, 0.05) is 35.3 Å². The number of amides is 1. The summed E-state index contributed by atoms with van der Waals surface area (Å²) in [6.07, 6.45) is 2.66. The molecule has 1 aromatic heterocycles. The van der Waals surface area contributed by atoms with Gasteiger partial charge in [-0.15, -0.1) is 0 Å². The smallest absolute Gasteiger partial charge is 0.220 e. The van der Waals surface area contributed by atoms with Gasteiger partial charge in [-0.1, -0.05) is 0 Å². The van der Waals surface area contributed by atoms with Crippen LogP contribution < -0.4 is 10.6 Å². The summed E-state index contributed by atoms with van der Waals surface area (Å²) in [5.41, 5.74) is 3.47. The van der Waals surface area contributed by atoms with Gasteiger partial charge in [0.2, 0.25) is 5.91 Å². The Morgan fingerprint density at radius 1 is 1.28 bits per heavy atom. The predicted octanol–water partition coefficient (Wildman–Crippen LogP) is 3.64. The summed E-state index contributed by atoms with van der Waals surface area (Å²) in [6.45, 7) is 18.0. The second-order valence-corrected chi connectivity index (χ2v) is 9.06. The van der Waals surface area contributed by atoms with Crippen molar-refractivity contribution >= 4 is 5.91 Å². The summed E-state index contributed by atoms with van der Waals surface area (Å²) < 4.78 is 2.01. The molecule has 2 N–H and O–H groups in total. The highest BCUT2D eigenvalue weighted by Gasteiger charge is 2.38. The molecule has 1 atom stereocenters. The molecule has 2 rings (SSSR count). The molecule has 142 valence electrons. The van der Waals surface area contributed by atoms with Gasteiger partial charge in [-0.3, -0.25) is 9.48 Å². The minimum Gasteiger partial charge on any atom is -0.349 e. The van der Waals surface area contributed by atoms with Crippen LogP contribution >= 0.6 is 0 Å². The van der Waals surface area contributed by atoms with Gasteiger partial charge in [0.15, 0.2) is 0 Å². The van der Waals surface area contributed by atoms with Crippen molar-refractivity contribution < 1.29 is 4.79 Å². The van der Waals surface area contributed by atoms with Crippen LogP contribution in [0.1, 0.15) is 83.8 Å². The van der Waals surface area contributed by atoms with E-state index in [4.69, 9.17) is 0 Å². The van der Waals surface area contributed by atoms with Crippen molar-refractivity contribution in [2.24, 2.45) is 5.92 Å². The van der Waals surface area contributed by atoms with Crippen LogP contribution in [0.5, 0.6) is 0 Å². The maximum atomic E-state index is 12.7. The first-order valence-electron chi connectivity index (χ1n) is 9.56. The highest BCUT2D eigenvalue weighted by Crippen LogP contribution is 2.34. The topological polar surface area (TPSA) is 59.0 Å². The molecule has 1 amide bonds. The molecule has 5 heteroatoms. The van der Waals surface area contributed by atoms with Gasteiger partial charge in [-0.2, -0.15) is 5.10 Å². The van der Waals surface area contributed by atoms with E-state index in [0.717, 1.165) is 36.3 Å². The van der Waals surface area contributed by atoms with E-state index in [1.54, 1.807) is 0 Å². The molecule has 0 unspecified atom stereocenters. The van der Waals surface area contributed by atoms with Gasteiger partial charge in [-0.25, -0.2) is 0 Å². The Morgan fingerprint density at radius 3 is 2.32 bits per heavy atom. The third-order valence-corrected chi connectivity index (χ3v) is 5.30. The van der Waals surface area contributed by atoms with E-state index in [2.05, 4.69) is 64.2 Å². The molecule has 0 bridgehead atoms. The zero-order valence-electron chi connectivity index (χ0n) is 17.3. The van der Waals surface area contributed by atoms with Crippen molar-refractivity contribution in [3.8, 4) is 0 Å². The van der Waals surface area contributed by atoms with Crippen LogP contribution in [-0.2, 0) is 11.3 Å². The molecule has 1 aliphatic heterocycles. The Labute approximate surface area is 152 Å². The zero-order chi connectivity index (χ0) is 19.0. The second-order valence-electron chi connectivity index (χ2n) is 9.06. The summed E-state index contributed by atoms with van der Waals surface area (Å²) in [7, 11) is 0. The lowest BCUT2D eigenvalue weighted by Gasteiger charge is -2.46. The largest absolute Gasteiger partial charge is 0.349 e. The number of nitrogens with zero attached hydrogens (tertiary/aromatic N) is 2. The number of nitrogens with one attached hydrogen (secondary N) is 2. The lowest BCUT2D eigenvalue weighted by molar-refractivity contribution is -0.123. The van der Waals surface area contributed by atoms with Crippen molar-refractivity contribution in [3.63, 3.8) is 0 Å². The minimum atomic E-state index is -0.00413. The molecular weight excluding hydrogens is 312 g/mol. The minimum absolute atomic E-state index is 0.00413. The number of rotatable bonds is 5. The molecule has 0 aromatic carbocycles. The van der Waals surface area contributed by atoms with E-state index in [1.807, 2.05) is 11.6 Å². The van der Waals surface area contributed by atoms with Crippen molar-refractivity contribution in [2.75, 3.05) is 0 Å². The van der Waals surface area contributed by atoms with Crippen LogP contribution in [0.3, 0.4) is 0 Å². The van der Waals surface area contributed by atoms with E-state index >= 15 is 0 Å². The SMILES string of the molecule is CCn1nc(C)c([C@@H](C)NC(=O)CC2CC(C)(C)NC(C)(C)C2)c1C. The van der Waals surface area contributed by atoms with Gasteiger partial charge in [0.25, 0.3) is 0 Å². The molecule has 25 heavy (non-hydrogen) atoms.